The Morgan fingerprint density at radius 3 is 2.00 bits per heavy atom. The minimum Gasteiger partial charge on any atom is -0.508 e. The first-order valence-electron chi connectivity index (χ1n) is 5.21. The van der Waals surface area contributed by atoms with Crippen molar-refractivity contribution < 1.29 is 14.9 Å². The molecule has 2 rings (SSSR count). The summed E-state index contributed by atoms with van der Waals surface area (Å²) >= 11 is 0. The van der Waals surface area contributed by atoms with Gasteiger partial charge in [-0.3, -0.25) is 0 Å². The quantitative estimate of drug-likeness (QED) is 0.794. The largest absolute Gasteiger partial charge is 0.508 e. The van der Waals surface area contributed by atoms with Crippen molar-refractivity contribution in [1.29, 1.82) is 0 Å². The van der Waals surface area contributed by atoms with E-state index < -0.39 is 0 Å². The van der Waals surface area contributed by atoms with Crippen LogP contribution in [0.4, 0.5) is 0 Å². The van der Waals surface area contributed by atoms with Gasteiger partial charge in [-0.1, -0.05) is 24.3 Å². The van der Waals surface area contributed by atoms with E-state index in [1.54, 1.807) is 36.4 Å². The van der Waals surface area contributed by atoms with Crippen molar-refractivity contribution in [2.45, 2.75) is 6.92 Å². The molecule has 0 bridgehead atoms. The number of hydrogen-bond acceptors (Lipinski definition) is 3. The fraction of sp³-hybridized carbons (Fsp3) is 0.143. The lowest BCUT2D eigenvalue weighted by molar-refractivity contribution is 0.373. The van der Waals surface area contributed by atoms with Gasteiger partial charge in [0.2, 0.25) is 0 Å². The van der Waals surface area contributed by atoms with E-state index in [-0.39, 0.29) is 5.75 Å². The number of para-hydroxylation sites is 1. The van der Waals surface area contributed by atoms with Crippen LogP contribution in [0, 0.1) is 6.92 Å². The Balaban J connectivity index is 0.000000181. The summed E-state index contributed by atoms with van der Waals surface area (Å²) < 4.78 is 4.88. The van der Waals surface area contributed by atoms with Gasteiger partial charge in [0.25, 0.3) is 0 Å². The molecule has 0 unspecified atom stereocenters. The standard InChI is InChI=1S/C8H10O2.C6H6O/c1-6-3-4-7(9)8(5-6)10-2;7-6-4-2-1-3-5-6/h3-5,9H,1-2H3;1-5,7H. The summed E-state index contributed by atoms with van der Waals surface area (Å²) in [6.07, 6.45) is 0. The zero-order chi connectivity index (χ0) is 12.7. The van der Waals surface area contributed by atoms with E-state index in [2.05, 4.69) is 0 Å². The van der Waals surface area contributed by atoms with Gasteiger partial charge >= 0.3 is 0 Å². The van der Waals surface area contributed by atoms with Gasteiger partial charge in [-0.25, -0.2) is 0 Å². The highest BCUT2D eigenvalue weighted by Crippen LogP contribution is 2.25. The number of benzene rings is 2. The number of aromatic hydroxyl groups is 2. The maximum absolute atomic E-state index is 9.11. The van der Waals surface area contributed by atoms with Crippen molar-refractivity contribution in [3.63, 3.8) is 0 Å². The van der Waals surface area contributed by atoms with Crippen LogP contribution in [0.25, 0.3) is 0 Å². The van der Waals surface area contributed by atoms with Crippen LogP contribution in [-0.4, -0.2) is 17.3 Å². The molecule has 3 nitrogen and oxygen atoms in total. The Morgan fingerprint density at radius 2 is 1.59 bits per heavy atom. The van der Waals surface area contributed by atoms with Crippen LogP contribution in [0.15, 0.2) is 48.5 Å². The fourth-order valence-corrected chi connectivity index (χ4v) is 1.21. The minimum absolute atomic E-state index is 0.188. The normalized spacial score (nSPS) is 9.06. The molecule has 90 valence electrons. The number of hydrogen-bond donors (Lipinski definition) is 2. The maximum Gasteiger partial charge on any atom is 0.160 e. The average molecular weight is 232 g/mol. The van der Waals surface area contributed by atoms with Gasteiger partial charge in [0, 0.05) is 0 Å². The molecule has 0 aromatic heterocycles. The average Bonchev–Trinajstić information content (AvgIpc) is 2.34. The van der Waals surface area contributed by atoms with Crippen LogP contribution in [0.2, 0.25) is 0 Å². The molecule has 0 radical (unpaired) electrons. The third-order valence-electron chi connectivity index (χ3n) is 2.09. The van der Waals surface area contributed by atoms with Gasteiger partial charge in [0.15, 0.2) is 11.5 Å². The van der Waals surface area contributed by atoms with Gasteiger partial charge in [-0.2, -0.15) is 0 Å². The number of phenolic OH excluding ortho intramolecular Hbond substituents is 2. The molecule has 0 aliphatic carbocycles. The van der Waals surface area contributed by atoms with E-state index in [1.165, 1.54) is 7.11 Å². The van der Waals surface area contributed by atoms with Crippen LogP contribution in [-0.2, 0) is 0 Å². The van der Waals surface area contributed by atoms with Crippen molar-refractivity contribution >= 4 is 0 Å². The zero-order valence-electron chi connectivity index (χ0n) is 9.92. The van der Waals surface area contributed by atoms with E-state index in [4.69, 9.17) is 14.9 Å². The highest BCUT2D eigenvalue weighted by molar-refractivity contribution is 5.41. The summed E-state index contributed by atoms with van der Waals surface area (Å²) in [5.41, 5.74) is 1.08. The number of aryl methyl sites for hydroxylation is 1. The summed E-state index contributed by atoms with van der Waals surface area (Å²) in [7, 11) is 1.54. The summed E-state index contributed by atoms with van der Waals surface area (Å²) in [6.45, 7) is 1.95. The Labute approximate surface area is 101 Å². The van der Waals surface area contributed by atoms with Gasteiger partial charge in [0.1, 0.15) is 5.75 Å². The maximum atomic E-state index is 9.11. The second kappa shape index (κ2) is 6.43. The van der Waals surface area contributed by atoms with Crippen molar-refractivity contribution in [2.24, 2.45) is 0 Å². The summed E-state index contributed by atoms with van der Waals surface area (Å²) in [4.78, 5) is 0. The Hall–Kier alpha value is -2.16. The second-order valence-corrected chi connectivity index (χ2v) is 3.51. The SMILES string of the molecule is COc1cc(C)ccc1O.Oc1ccccc1. The topological polar surface area (TPSA) is 49.7 Å². The van der Waals surface area contributed by atoms with Crippen molar-refractivity contribution in [3.8, 4) is 17.2 Å². The molecule has 0 amide bonds. The Bertz CT molecular complexity index is 452. The molecule has 0 fully saturated rings. The second-order valence-electron chi connectivity index (χ2n) is 3.51. The van der Waals surface area contributed by atoms with E-state index >= 15 is 0 Å². The molecule has 2 N–H and O–H groups in total. The van der Waals surface area contributed by atoms with E-state index in [1.807, 2.05) is 19.1 Å². The molecule has 17 heavy (non-hydrogen) atoms. The summed E-state index contributed by atoms with van der Waals surface area (Å²) in [5, 5.41) is 17.7. The fourth-order valence-electron chi connectivity index (χ4n) is 1.21. The first-order valence-corrected chi connectivity index (χ1v) is 5.21. The first-order chi connectivity index (χ1) is 8.13. The summed E-state index contributed by atoms with van der Waals surface area (Å²) in [5.74, 6) is 1.04. The monoisotopic (exact) mass is 232 g/mol. The number of methoxy groups -OCH3 is 1. The number of rotatable bonds is 1. The molecule has 0 atom stereocenters. The highest BCUT2D eigenvalue weighted by atomic mass is 16.5. The molecule has 0 heterocycles. The van der Waals surface area contributed by atoms with Gasteiger partial charge < -0.3 is 14.9 Å². The Kier molecular flexibility index (Phi) is 4.88. The van der Waals surface area contributed by atoms with E-state index in [0.717, 1.165) is 5.56 Å². The molecule has 0 saturated heterocycles. The van der Waals surface area contributed by atoms with Crippen molar-refractivity contribution in [3.05, 3.63) is 54.1 Å². The molecule has 2 aromatic carbocycles. The molecule has 0 saturated carbocycles. The predicted molar refractivity (Wildman–Crippen MR) is 67.5 cm³/mol. The number of phenols is 2. The van der Waals surface area contributed by atoms with Crippen molar-refractivity contribution in [2.75, 3.05) is 7.11 Å². The third-order valence-corrected chi connectivity index (χ3v) is 2.09. The van der Waals surface area contributed by atoms with E-state index in [0.29, 0.717) is 11.5 Å². The lowest BCUT2D eigenvalue weighted by Gasteiger charge is -2.02. The van der Waals surface area contributed by atoms with Crippen LogP contribution < -0.4 is 4.74 Å². The van der Waals surface area contributed by atoms with Crippen LogP contribution in [0.1, 0.15) is 5.56 Å². The lowest BCUT2D eigenvalue weighted by atomic mass is 10.2. The molecule has 0 spiro atoms. The van der Waals surface area contributed by atoms with Gasteiger partial charge in [-0.05, 0) is 36.8 Å². The predicted octanol–water partition coefficient (Wildman–Crippen LogP) is 3.10. The molecule has 0 aliphatic heterocycles. The molecular formula is C14H16O3. The molecular weight excluding hydrogens is 216 g/mol. The molecule has 3 heteroatoms. The lowest BCUT2D eigenvalue weighted by Crippen LogP contribution is -1.83. The first kappa shape index (κ1) is 12.9. The zero-order valence-corrected chi connectivity index (χ0v) is 9.92. The van der Waals surface area contributed by atoms with Gasteiger partial charge in [-0.15, -0.1) is 0 Å². The minimum atomic E-state index is 0.188. The highest BCUT2D eigenvalue weighted by Gasteiger charge is 1.97. The molecule has 0 aliphatic rings. The van der Waals surface area contributed by atoms with Crippen LogP contribution >= 0.6 is 0 Å². The van der Waals surface area contributed by atoms with Gasteiger partial charge in [0.05, 0.1) is 7.11 Å². The number of ether oxygens (including phenoxy) is 1. The molecule has 2 aromatic rings. The Morgan fingerprint density at radius 1 is 0.941 bits per heavy atom. The van der Waals surface area contributed by atoms with Crippen LogP contribution in [0.5, 0.6) is 17.2 Å². The van der Waals surface area contributed by atoms with Crippen molar-refractivity contribution in [1.82, 2.24) is 0 Å². The summed E-state index contributed by atoms with van der Waals surface area (Å²) in [6, 6.07) is 14.0. The van der Waals surface area contributed by atoms with E-state index in [9.17, 15) is 0 Å². The van der Waals surface area contributed by atoms with Crippen LogP contribution in [0.3, 0.4) is 0 Å². The third kappa shape index (κ3) is 4.47. The smallest absolute Gasteiger partial charge is 0.160 e.